The Balaban J connectivity index is 1.80. The largest absolute Gasteiger partial charge is 0.369 e. The second-order valence-electron chi connectivity index (χ2n) is 5.90. The average molecular weight is 289 g/mol. The molecule has 1 aromatic carbocycles. The van der Waals surface area contributed by atoms with Gasteiger partial charge in [0.2, 0.25) is 5.91 Å². The topological polar surface area (TPSA) is 84.2 Å². The van der Waals surface area contributed by atoms with Crippen LogP contribution in [0.2, 0.25) is 0 Å². The van der Waals surface area contributed by atoms with Gasteiger partial charge in [0.15, 0.2) is 0 Å². The van der Waals surface area contributed by atoms with E-state index in [2.05, 4.69) is 17.6 Å². The summed E-state index contributed by atoms with van der Waals surface area (Å²) in [5.74, 6) is 0.406. The van der Waals surface area contributed by atoms with Gasteiger partial charge in [0.05, 0.1) is 6.42 Å². The number of benzene rings is 1. The number of anilines is 1. The SMILES string of the molecule is CC1CCC(NC(=O)Nc2ccc(CC(N)=O)cc2)CC1. The van der Waals surface area contributed by atoms with E-state index in [1.165, 1.54) is 12.8 Å². The van der Waals surface area contributed by atoms with Crippen LogP contribution >= 0.6 is 0 Å². The van der Waals surface area contributed by atoms with Gasteiger partial charge >= 0.3 is 6.03 Å². The third-order valence-corrected chi connectivity index (χ3v) is 3.94. The van der Waals surface area contributed by atoms with Crippen LogP contribution in [0.3, 0.4) is 0 Å². The lowest BCUT2D eigenvalue weighted by atomic mass is 9.87. The molecular formula is C16H23N3O2. The lowest BCUT2D eigenvalue weighted by Crippen LogP contribution is -2.39. The standard InChI is InChI=1S/C16H23N3O2/c1-11-2-6-13(7-3-11)18-16(21)19-14-8-4-12(5-9-14)10-15(17)20/h4-5,8-9,11,13H,2-3,6-7,10H2,1H3,(H2,17,20)(H2,18,19,21). The third-order valence-electron chi connectivity index (χ3n) is 3.94. The average Bonchev–Trinajstić information content (AvgIpc) is 2.43. The van der Waals surface area contributed by atoms with E-state index in [-0.39, 0.29) is 24.4 Å². The molecule has 1 aliphatic rings. The number of carbonyl (C=O) groups is 2. The first kappa shape index (κ1) is 15.4. The minimum absolute atomic E-state index is 0.169. The molecule has 1 saturated carbocycles. The molecule has 5 heteroatoms. The molecule has 5 nitrogen and oxygen atoms in total. The van der Waals surface area contributed by atoms with E-state index in [0.717, 1.165) is 24.3 Å². The minimum atomic E-state index is -0.361. The van der Waals surface area contributed by atoms with E-state index in [4.69, 9.17) is 5.73 Å². The first-order chi connectivity index (χ1) is 10.0. The number of hydrogen-bond acceptors (Lipinski definition) is 2. The van der Waals surface area contributed by atoms with Gasteiger partial charge in [0, 0.05) is 11.7 Å². The molecule has 2 rings (SSSR count). The predicted octanol–water partition coefficient (Wildman–Crippen LogP) is 2.41. The smallest absolute Gasteiger partial charge is 0.319 e. The van der Waals surface area contributed by atoms with Gasteiger partial charge in [-0.05, 0) is 49.3 Å². The molecule has 1 fully saturated rings. The van der Waals surface area contributed by atoms with E-state index in [0.29, 0.717) is 5.69 Å². The van der Waals surface area contributed by atoms with Gasteiger partial charge in [-0.3, -0.25) is 4.79 Å². The Hall–Kier alpha value is -2.04. The Bertz CT molecular complexity index is 491. The van der Waals surface area contributed by atoms with Crippen molar-refractivity contribution in [3.8, 4) is 0 Å². The van der Waals surface area contributed by atoms with Crippen molar-refractivity contribution in [1.29, 1.82) is 0 Å². The van der Waals surface area contributed by atoms with Gasteiger partial charge in [-0.1, -0.05) is 19.1 Å². The summed E-state index contributed by atoms with van der Waals surface area (Å²) >= 11 is 0. The van der Waals surface area contributed by atoms with Crippen molar-refractivity contribution in [2.75, 3.05) is 5.32 Å². The van der Waals surface area contributed by atoms with Gasteiger partial charge in [-0.2, -0.15) is 0 Å². The molecule has 0 bridgehead atoms. The first-order valence-electron chi connectivity index (χ1n) is 7.47. The number of nitrogens with one attached hydrogen (secondary N) is 2. The third kappa shape index (κ3) is 5.10. The number of hydrogen-bond donors (Lipinski definition) is 3. The van der Waals surface area contributed by atoms with E-state index in [1.807, 2.05) is 0 Å². The molecule has 114 valence electrons. The molecule has 0 aromatic heterocycles. The molecule has 0 saturated heterocycles. The van der Waals surface area contributed by atoms with Crippen LogP contribution in [0.5, 0.6) is 0 Å². The van der Waals surface area contributed by atoms with E-state index >= 15 is 0 Å². The fraction of sp³-hybridized carbons (Fsp3) is 0.500. The van der Waals surface area contributed by atoms with Gasteiger partial charge in [0.1, 0.15) is 0 Å². The highest BCUT2D eigenvalue weighted by atomic mass is 16.2. The number of primary amides is 1. The molecule has 3 amide bonds. The minimum Gasteiger partial charge on any atom is -0.369 e. The van der Waals surface area contributed by atoms with Gasteiger partial charge in [-0.25, -0.2) is 4.79 Å². The molecule has 0 heterocycles. The molecule has 4 N–H and O–H groups in total. The van der Waals surface area contributed by atoms with Crippen LogP contribution in [0, 0.1) is 5.92 Å². The van der Waals surface area contributed by atoms with Crippen LogP contribution in [-0.2, 0) is 11.2 Å². The monoisotopic (exact) mass is 289 g/mol. The van der Waals surface area contributed by atoms with Gasteiger partial charge in [-0.15, -0.1) is 0 Å². The van der Waals surface area contributed by atoms with Crippen LogP contribution in [0.25, 0.3) is 0 Å². The van der Waals surface area contributed by atoms with Gasteiger partial charge in [0.25, 0.3) is 0 Å². The van der Waals surface area contributed by atoms with Crippen LogP contribution in [-0.4, -0.2) is 18.0 Å². The Morgan fingerprint density at radius 3 is 2.33 bits per heavy atom. The van der Waals surface area contributed by atoms with E-state index in [9.17, 15) is 9.59 Å². The van der Waals surface area contributed by atoms with Crippen molar-refractivity contribution in [2.24, 2.45) is 11.7 Å². The van der Waals surface area contributed by atoms with E-state index in [1.54, 1.807) is 24.3 Å². The highest BCUT2D eigenvalue weighted by Gasteiger charge is 2.19. The zero-order valence-corrected chi connectivity index (χ0v) is 12.4. The molecule has 1 aromatic rings. The zero-order valence-electron chi connectivity index (χ0n) is 12.4. The fourth-order valence-electron chi connectivity index (χ4n) is 2.66. The van der Waals surface area contributed by atoms with Gasteiger partial charge < -0.3 is 16.4 Å². The predicted molar refractivity (Wildman–Crippen MR) is 82.9 cm³/mol. The fourth-order valence-corrected chi connectivity index (χ4v) is 2.66. The molecular weight excluding hydrogens is 266 g/mol. The lowest BCUT2D eigenvalue weighted by molar-refractivity contribution is -0.117. The molecule has 21 heavy (non-hydrogen) atoms. The lowest BCUT2D eigenvalue weighted by Gasteiger charge is -2.26. The van der Waals surface area contributed by atoms with Crippen molar-refractivity contribution >= 4 is 17.6 Å². The van der Waals surface area contributed by atoms with Crippen LogP contribution < -0.4 is 16.4 Å². The summed E-state index contributed by atoms with van der Waals surface area (Å²) in [6.45, 7) is 2.25. The normalized spacial score (nSPS) is 21.6. The summed E-state index contributed by atoms with van der Waals surface area (Å²) < 4.78 is 0. The van der Waals surface area contributed by atoms with Crippen molar-refractivity contribution in [1.82, 2.24) is 5.32 Å². The maximum atomic E-state index is 11.9. The zero-order chi connectivity index (χ0) is 15.2. The highest BCUT2D eigenvalue weighted by Crippen LogP contribution is 2.23. The van der Waals surface area contributed by atoms with Crippen molar-refractivity contribution in [3.05, 3.63) is 29.8 Å². The van der Waals surface area contributed by atoms with Crippen LogP contribution in [0.4, 0.5) is 10.5 Å². The molecule has 0 radical (unpaired) electrons. The Kier molecular flexibility index (Phi) is 5.20. The van der Waals surface area contributed by atoms with Crippen molar-refractivity contribution in [2.45, 2.75) is 45.1 Å². The van der Waals surface area contributed by atoms with Crippen LogP contribution in [0.15, 0.2) is 24.3 Å². The number of nitrogens with two attached hydrogens (primary N) is 1. The molecule has 1 aliphatic carbocycles. The maximum Gasteiger partial charge on any atom is 0.319 e. The quantitative estimate of drug-likeness (QED) is 0.795. The second kappa shape index (κ2) is 7.11. The number of carbonyl (C=O) groups excluding carboxylic acids is 2. The summed E-state index contributed by atoms with van der Waals surface area (Å²) in [6.07, 6.45) is 4.66. The van der Waals surface area contributed by atoms with Crippen LogP contribution in [0.1, 0.15) is 38.2 Å². The highest BCUT2D eigenvalue weighted by molar-refractivity contribution is 5.89. The number of urea groups is 1. The Morgan fingerprint density at radius 2 is 1.76 bits per heavy atom. The molecule has 0 atom stereocenters. The Morgan fingerprint density at radius 1 is 1.14 bits per heavy atom. The summed E-state index contributed by atoms with van der Waals surface area (Å²) in [6, 6.07) is 7.25. The van der Waals surface area contributed by atoms with Crippen molar-refractivity contribution < 1.29 is 9.59 Å². The molecule has 0 aliphatic heterocycles. The second-order valence-corrected chi connectivity index (χ2v) is 5.90. The summed E-state index contributed by atoms with van der Waals surface area (Å²) in [5, 5.41) is 5.83. The summed E-state index contributed by atoms with van der Waals surface area (Å²) in [7, 11) is 0. The van der Waals surface area contributed by atoms with Crippen molar-refractivity contribution in [3.63, 3.8) is 0 Å². The molecule has 0 unspecified atom stereocenters. The Labute approximate surface area is 125 Å². The van der Waals surface area contributed by atoms with E-state index < -0.39 is 0 Å². The summed E-state index contributed by atoms with van der Waals surface area (Å²) in [4.78, 5) is 22.7. The maximum absolute atomic E-state index is 11.9. The number of rotatable bonds is 4. The number of amides is 3. The summed E-state index contributed by atoms with van der Waals surface area (Å²) in [5.41, 5.74) is 6.69. The molecule has 0 spiro atoms. The first-order valence-corrected chi connectivity index (χ1v) is 7.47.